The average molecular weight is 438 g/mol. The summed E-state index contributed by atoms with van der Waals surface area (Å²) in [6, 6.07) is 0. The lowest BCUT2D eigenvalue weighted by Crippen LogP contribution is -1.98. The molecule has 0 aliphatic rings. The summed E-state index contributed by atoms with van der Waals surface area (Å²) < 4.78 is 0. The van der Waals surface area contributed by atoms with Gasteiger partial charge < -0.3 is 5.11 Å². The van der Waals surface area contributed by atoms with E-state index in [2.05, 4.69) is 13.8 Å². The summed E-state index contributed by atoms with van der Waals surface area (Å²) in [5.41, 5.74) is 0. The Morgan fingerprint density at radius 1 is 0.387 bits per heavy atom. The van der Waals surface area contributed by atoms with Crippen molar-refractivity contribution in [2.24, 2.45) is 0 Å². The summed E-state index contributed by atoms with van der Waals surface area (Å²) in [4.78, 5) is 0. The molecule has 0 rings (SSSR count). The van der Waals surface area contributed by atoms with E-state index < -0.39 is 0 Å². The minimum atomic E-state index is -0.352. The van der Waals surface area contributed by atoms with Crippen LogP contribution in [0.1, 0.15) is 180 Å². The quantitative estimate of drug-likeness (QED) is 0.127. The Morgan fingerprint density at radius 3 is 0.774 bits per heavy atom. The first-order valence-electron chi connectivity index (χ1n) is 14.8. The Labute approximate surface area is 198 Å². The second-order valence-corrected chi connectivity index (χ2v) is 10.3. The first kappa shape index (κ1) is 31.0. The van der Waals surface area contributed by atoms with E-state index >= 15 is 0 Å². The third kappa shape index (κ3) is 30.0. The largest absolute Gasteiger partial charge is 0.393 e. The molecule has 0 aliphatic carbocycles. The molecule has 0 aromatic rings. The molecular weight excluding hydrogens is 376 g/mol. The maximum Gasteiger partial charge on any atom is 0.0541 e. The van der Waals surface area contributed by atoms with Crippen LogP contribution in [-0.2, 0) is 0 Å². The topological polar surface area (TPSA) is 20.2 Å². The molecule has 1 radical (unpaired) electrons. The Kier molecular flexibility index (Phi) is 28.0. The van der Waals surface area contributed by atoms with Gasteiger partial charge in [-0.25, -0.2) is 0 Å². The van der Waals surface area contributed by atoms with Crippen LogP contribution in [0.2, 0.25) is 0 Å². The van der Waals surface area contributed by atoms with Gasteiger partial charge in [-0.3, -0.25) is 0 Å². The lowest BCUT2D eigenvalue weighted by atomic mass is 10.0. The lowest BCUT2D eigenvalue weighted by molar-refractivity contribution is 0.205. The lowest BCUT2D eigenvalue weighted by Gasteiger charge is -2.05. The predicted molar refractivity (Wildman–Crippen MR) is 142 cm³/mol. The number of unbranched alkanes of at least 4 members (excludes halogenated alkanes) is 25. The third-order valence-electron chi connectivity index (χ3n) is 6.89. The van der Waals surface area contributed by atoms with Crippen LogP contribution in [-0.4, -0.2) is 11.2 Å². The third-order valence-corrected chi connectivity index (χ3v) is 6.89. The van der Waals surface area contributed by atoms with E-state index in [1.807, 2.05) is 0 Å². The monoisotopic (exact) mass is 437 g/mol. The summed E-state index contributed by atoms with van der Waals surface area (Å²) in [6.45, 7) is 5.93. The van der Waals surface area contributed by atoms with Gasteiger partial charge in [0, 0.05) is 0 Å². The number of aliphatic hydroxyl groups is 1. The van der Waals surface area contributed by atoms with Crippen LogP contribution in [0.15, 0.2) is 0 Å². The number of hydrogen-bond donors (Lipinski definition) is 1. The zero-order valence-electron chi connectivity index (χ0n) is 21.8. The summed E-state index contributed by atoms with van der Waals surface area (Å²) in [5, 5.41) is 9.13. The highest BCUT2D eigenvalue weighted by atomic mass is 16.3. The molecule has 187 valence electrons. The van der Waals surface area contributed by atoms with Gasteiger partial charge in [0.1, 0.15) is 0 Å². The van der Waals surface area contributed by atoms with Gasteiger partial charge in [-0.2, -0.15) is 0 Å². The molecule has 1 nitrogen and oxygen atoms in total. The molecule has 1 heteroatoms. The fraction of sp³-hybridized carbons (Fsp3) is 0.967. The zero-order valence-corrected chi connectivity index (χ0v) is 21.8. The second kappa shape index (κ2) is 28.0. The highest BCUT2D eigenvalue weighted by molar-refractivity contribution is 4.57. The molecule has 1 N–H and O–H groups in total. The second-order valence-electron chi connectivity index (χ2n) is 10.3. The van der Waals surface area contributed by atoms with E-state index in [4.69, 9.17) is 5.11 Å². The van der Waals surface area contributed by atoms with E-state index in [0.29, 0.717) is 0 Å². The molecule has 31 heavy (non-hydrogen) atoms. The maximum absolute atomic E-state index is 9.13. The van der Waals surface area contributed by atoms with Gasteiger partial charge in [0.05, 0.1) is 6.10 Å². The van der Waals surface area contributed by atoms with E-state index in [0.717, 1.165) is 12.8 Å². The fourth-order valence-corrected chi connectivity index (χ4v) is 4.70. The molecule has 0 aromatic heterocycles. The van der Waals surface area contributed by atoms with E-state index in [1.165, 1.54) is 161 Å². The van der Waals surface area contributed by atoms with Crippen molar-refractivity contribution >= 4 is 0 Å². The molecule has 0 aliphatic heterocycles. The number of hydrogen-bond acceptors (Lipinski definition) is 1. The van der Waals surface area contributed by atoms with Crippen molar-refractivity contribution in [1.82, 2.24) is 0 Å². The van der Waals surface area contributed by atoms with E-state index in [9.17, 15) is 0 Å². The van der Waals surface area contributed by atoms with Gasteiger partial charge in [-0.1, -0.05) is 174 Å². The minimum Gasteiger partial charge on any atom is -0.393 e. The van der Waals surface area contributed by atoms with Gasteiger partial charge in [0.2, 0.25) is 0 Å². The first-order chi connectivity index (χ1) is 15.3. The van der Waals surface area contributed by atoms with Crippen molar-refractivity contribution in [3.05, 3.63) is 6.92 Å². The first-order valence-corrected chi connectivity index (χ1v) is 14.8. The molecule has 0 saturated carbocycles. The number of rotatable bonds is 27. The van der Waals surface area contributed by atoms with Gasteiger partial charge in [0.15, 0.2) is 0 Å². The molecule has 1 unspecified atom stereocenters. The molecule has 0 spiro atoms. The van der Waals surface area contributed by atoms with Gasteiger partial charge in [0.25, 0.3) is 0 Å². The molecule has 0 saturated heterocycles. The average Bonchev–Trinajstić information content (AvgIpc) is 2.76. The Bertz CT molecular complexity index is 299. The van der Waals surface area contributed by atoms with Crippen LogP contribution < -0.4 is 0 Å². The highest BCUT2D eigenvalue weighted by Gasteiger charge is 1.97. The Morgan fingerprint density at radius 2 is 0.581 bits per heavy atom. The van der Waals surface area contributed by atoms with Crippen LogP contribution in [0, 0.1) is 6.92 Å². The molecule has 0 heterocycles. The van der Waals surface area contributed by atoms with Crippen molar-refractivity contribution in [3.63, 3.8) is 0 Å². The van der Waals surface area contributed by atoms with Gasteiger partial charge in [-0.15, -0.1) is 0 Å². The van der Waals surface area contributed by atoms with E-state index in [1.54, 1.807) is 0 Å². The van der Waals surface area contributed by atoms with Crippen LogP contribution in [0.4, 0.5) is 0 Å². The molecule has 1 atom stereocenters. The molecular formula is C30H61O. The summed E-state index contributed by atoms with van der Waals surface area (Å²) in [5.74, 6) is 0. The van der Waals surface area contributed by atoms with Gasteiger partial charge >= 0.3 is 0 Å². The zero-order chi connectivity index (χ0) is 22.7. The normalized spacial score (nSPS) is 12.5. The van der Waals surface area contributed by atoms with Crippen LogP contribution in [0.25, 0.3) is 0 Å². The number of aliphatic hydroxyl groups excluding tert-OH is 1. The van der Waals surface area contributed by atoms with Crippen LogP contribution in [0.5, 0.6) is 0 Å². The standard InChI is InChI=1S/C30H61O/c1-3-4-5-6-7-8-9-10-11-12-13-14-15-16-17-18-19-20-21-22-23-24-25-26-27-28-29-30(2)31/h30-31H,2-29H2,1H3. The minimum absolute atomic E-state index is 0.352. The summed E-state index contributed by atoms with van der Waals surface area (Å²) in [7, 11) is 0. The molecule has 0 bridgehead atoms. The van der Waals surface area contributed by atoms with Crippen LogP contribution >= 0.6 is 0 Å². The van der Waals surface area contributed by atoms with Crippen LogP contribution in [0.3, 0.4) is 0 Å². The van der Waals surface area contributed by atoms with Crippen molar-refractivity contribution < 1.29 is 5.11 Å². The Hall–Kier alpha value is -0.0400. The summed E-state index contributed by atoms with van der Waals surface area (Å²) >= 11 is 0. The fourth-order valence-electron chi connectivity index (χ4n) is 4.70. The van der Waals surface area contributed by atoms with Crippen molar-refractivity contribution in [1.29, 1.82) is 0 Å². The van der Waals surface area contributed by atoms with E-state index in [-0.39, 0.29) is 6.10 Å². The van der Waals surface area contributed by atoms with Crippen molar-refractivity contribution in [2.75, 3.05) is 0 Å². The maximum atomic E-state index is 9.13. The predicted octanol–water partition coefficient (Wildman–Crippen LogP) is 10.7. The smallest absolute Gasteiger partial charge is 0.0541 e. The molecule has 0 fully saturated rings. The molecule has 0 amide bonds. The SMILES string of the molecule is [CH2]C(O)CCCCCCCCCCCCCCCCCCCCCCCCCCCC. The molecule has 0 aromatic carbocycles. The van der Waals surface area contributed by atoms with Crippen molar-refractivity contribution in [3.8, 4) is 0 Å². The van der Waals surface area contributed by atoms with Crippen molar-refractivity contribution in [2.45, 2.75) is 186 Å². The highest BCUT2D eigenvalue weighted by Crippen LogP contribution is 2.16. The van der Waals surface area contributed by atoms with Gasteiger partial charge in [-0.05, 0) is 13.3 Å². The summed E-state index contributed by atoms with van der Waals surface area (Å²) in [6.07, 6.45) is 37.8. The Balaban J connectivity index is 2.99.